The van der Waals surface area contributed by atoms with Crippen LogP contribution < -0.4 is 0 Å². The number of aryl methyl sites for hydroxylation is 1. The summed E-state index contributed by atoms with van der Waals surface area (Å²) in [5.41, 5.74) is 7.34. The molecule has 0 spiro atoms. The van der Waals surface area contributed by atoms with Crippen LogP contribution in [0, 0.1) is 13.0 Å². The first-order valence-electron chi connectivity index (χ1n) is 10.3. The van der Waals surface area contributed by atoms with Gasteiger partial charge in [0.1, 0.15) is 5.58 Å². The number of imidazole rings is 1. The molecule has 0 saturated carbocycles. The van der Waals surface area contributed by atoms with Crippen molar-refractivity contribution in [1.29, 1.82) is 0 Å². The summed E-state index contributed by atoms with van der Waals surface area (Å²) in [7, 11) is 0. The molecule has 0 bridgehead atoms. The van der Waals surface area contributed by atoms with Crippen LogP contribution in [-0.2, 0) is 20.1 Å². The van der Waals surface area contributed by atoms with E-state index in [1.165, 1.54) is 16.7 Å². The number of aromatic nitrogens is 2. The van der Waals surface area contributed by atoms with Crippen molar-refractivity contribution in [2.75, 3.05) is 0 Å². The molecule has 0 amide bonds. The summed E-state index contributed by atoms with van der Waals surface area (Å²) in [6.45, 7) is 2.14. The molecule has 157 valence electrons. The van der Waals surface area contributed by atoms with Crippen molar-refractivity contribution < 1.29 is 24.5 Å². The molecular formula is C28H19IrN2O-. The first-order chi connectivity index (χ1) is 15.3. The maximum absolute atomic E-state index is 5.98. The molecule has 4 heteroatoms. The molecule has 1 radical (unpaired) electrons. The van der Waals surface area contributed by atoms with Crippen molar-refractivity contribution in [3.05, 3.63) is 109 Å². The molecule has 0 unspecified atom stereocenters. The molecule has 2 aromatic heterocycles. The van der Waals surface area contributed by atoms with Gasteiger partial charge in [-0.15, -0.1) is 23.8 Å². The Hall–Kier alpha value is -3.46. The van der Waals surface area contributed by atoms with Gasteiger partial charge >= 0.3 is 0 Å². The molecule has 3 nitrogen and oxygen atoms in total. The molecule has 0 aliphatic heterocycles. The molecule has 6 rings (SSSR count). The van der Waals surface area contributed by atoms with Crippen LogP contribution in [0.3, 0.4) is 0 Å². The molecule has 0 saturated heterocycles. The number of hydrogen-bond acceptors (Lipinski definition) is 2. The number of rotatable bonds is 3. The van der Waals surface area contributed by atoms with E-state index < -0.39 is 0 Å². The van der Waals surface area contributed by atoms with Gasteiger partial charge in [-0.25, -0.2) is 0 Å². The largest absolute Gasteiger partial charge is 0.500 e. The quantitative estimate of drug-likeness (QED) is 0.204. The molecule has 0 atom stereocenters. The van der Waals surface area contributed by atoms with Gasteiger partial charge in [0.25, 0.3) is 0 Å². The topological polar surface area (TPSA) is 31.0 Å². The Morgan fingerprint density at radius 2 is 1.66 bits per heavy atom. The maximum Gasteiger partial charge on any atom is 0.120 e. The van der Waals surface area contributed by atoms with Crippen LogP contribution in [0.1, 0.15) is 5.56 Å². The number of benzene rings is 4. The van der Waals surface area contributed by atoms with E-state index in [2.05, 4.69) is 72.2 Å². The first kappa shape index (κ1) is 20.4. The molecule has 0 fully saturated rings. The van der Waals surface area contributed by atoms with Gasteiger partial charge in [0.05, 0.1) is 11.4 Å². The fourth-order valence-electron chi connectivity index (χ4n) is 4.31. The van der Waals surface area contributed by atoms with Crippen molar-refractivity contribution in [1.82, 2.24) is 9.55 Å². The molecule has 0 N–H and O–H groups in total. The van der Waals surface area contributed by atoms with Crippen LogP contribution in [0.2, 0.25) is 0 Å². The zero-order valence-corrected chi connectivity index (χ0v) is 19.8. The SMILES string of the molecule is Cc1cccc(-c2ccccc2)c1-n1ccnc1-c1[c-]cc2oc3ccccc3c2c1.[Ir]. The Morgan fingerprint density at radius 1 is 0.844 bits per heavy atom. The summed E-state index contributed by atoms with van der Waals surface area (Å²) in [4.78, 5) is 4.71. The minimum Gasteiger partial charge on any atom is -0.500 e. The minimum atomic E-state index is 0. The summed E-state index contributed by atoms with van der Waals surface area (Å²) in [5.74, 6) is 0.860. The summed E-state index contributed by atoms with van der Waals surface area (Å²) < 4.78 is 8.14. The first-order valence-corrected chi connectivity index (χ1v) is 10.3. The van der Waals surface area contributed by atoms with E-state index in [4.69, 9.17) is 9.40 Å². The fourth-order valence-corrected chi connectivity index (χ4v) is 4.31. The number of para-hydroxylation sites is 2. The van der Waals surface area contributed by atoms with E-state index in [1.807, 2.05) is 42.7 Å². The molecule has 4 aromatic carbocycles. The van der Waals surface area contributed by atoms with Gasteiger partial charge in [0, 0.05) is 49.1 Å². The maximum atomic E-state index is 5.98. The fraction of sp³-hybridized carbons (Fsp3) is 0.0357. The van der Waals surface area contributed by atoms with Crippen molar-refractivity contribution in [2.45, 2.75) is 6.92 Å². The Kier molecular flexibility index (Phi) is 5.26. The van der Waals surface area contributed by atoms with Gasteiger partial charge < -0.3 is 8.98 Å². The Balaban J connectivity index is 0.00000216. The predicted octanol–water partition coefficient (Wildman–Crippen LogP) is 7.21. The predicted molar refractivity (Wildman–Crippen MR) is 125 cm³/mol. The second-order valence-corrected chi connectivity index (χ2v) is 7.68. The van der Waals surface area contributed by atoms with Gasteiger partial charge in [-0.1, -0.05) is 72.1 Å². The van der Waals surface area contributed by atoms with E-state index in [-0.39, 0.29) is 20.1 Å². The number of fused-ring (bicyclic) bond motifs is 3. The van der Waals surface area contributed by atoms with Crippen LogP contribution in [0.5, 0.6) is 0 Å². The summed E-state index contributed by atoms with van der Waals surface area (Å²) in [5, 5.41) is 2.18. The molecule has 2 heterocycles. The molecule has 0 aliphatic rings. The third-order valence-corrected chi connectivity index (χ3v) is 5.76. The van der Waals surface area contributed by atoms with Crippen molar-refractivity contribution in [3.8, 4) is 28.2 Å². The third-order valence-electron chi connectivity index (χ3n) is 5.76. The zero-order valence-electron chi connectivity index (χ0n) is 17.4. The summed E-state index contributed by atoms with van der Waals surface area (Å²) in [6.07, 6.45) is 3.87. The van der Waals surface area contributed by atoms with Gasteiger partial charge in [-0.3, -0.25) is 4.98 Å². The second kappa shape index (κ2) is 8.23. The van der Waals surface area contributed by atoms with Gasteiger partial charge in [0.15, 0.2) is 0 Å². The van der Waals surface area contributed by atoms with Crippen molar-refractivity contribution in [2.24, 2.45) is 0 Å². The summed E-state index contributed by atoms with van der Waals surface area (Å²) >= 11 is 0. The normalized spacial score (nSPS) is 11.0. The van der Waals surface area contributed by atoms with Crippen LogP contribution in [0.4, 0.5) is 0 Å². The number of nitrogens with zero attached hydrogens (tertiary/aromatic N) is 2. The Morgan fingerprint density at radius 3 is 2.53 bits per heavy atom. The average Bonchev–Trinajstić information content (AvgIpc) is 3.44. The number of hydrogen-bond donors (Lipinski definition) is 0. The molecular weight excluding hydrogens is 573 g/mol. The molecule has 32 heavy (non-hydrogen) atoms. The molecule has 6 aromatic rings. The summed E-state index contributed by atoms with van der Waals surface area (Å²) in [6, 6.07) is 32.4. The van der Waals surface area contributed by atoms with E-state index in [1.54, 1.807) is 0 Å². The Labute approximate surface area is 199 Å². The van der Waals surface area contributed by atoms with E-state index in [0.29, 0.717) is 0 Å². The standard InChI is InChI=1S/C28H19N2O.Ir/c1-19-8-7-12-22(20-9-3-2-4-10-20)27(19)30-17-16-29-28(30)21-14-15-26-24(18-21)23-11-5-6-13-25(23)31-26;/h2-13,15-18H,1H3;/q-1;. The minimum absolute atomic E-state index is 0. The van der Waals surface area contributed by atoms with Crippen LogP contribution in [0.15, 0.2) is 102 Å². The average molecular weight is 592 g/mol. The van der Waals surface area contributed by atoms with Crippen LogP contribution in [0.25, 0.3) is 50.1 Å². The van der Waals surface area contributed by atoms with Crippen LogP contribution in [-0.4, -0.2) is 9.55 Å². The molecule has 0 aliphatic carbocycles. The number of furan rings is 1. The third kappa shape index (κ3) is 3.29. The van der Waals surface area contributed by atoms with E-state index in [9.17, 15) is 0 Å². The monoisotopic (exact) mass is 592 g/mol. The van der Waals surface area contributed by atoms with Crippen molar-refractivity contribution in [3.63, 3.8) is 0 Å². The van der Waals surface area contributed by atoms with Crippen molar-refractivity contribution >= 4 is 21.9 Å². The van der Waals surface area contributed by atoms with Gasteiger partial charge in [-0.2, -0.15) is 0 Å². The van der Waals surface area contributed by atoms with E-state index >= 15 is 0 Å². The smallest absolute Gasteiger partial charge is 0.120 e. The van der Waals surface area contributed by atoms with Gasteiger partial charge in [-0.05, 0) is 24.1 Å². The van der Waals surface area contributed by atoms with Gasteiger partial charge in [0.2, 0.25) is 0 Å². The second-order valence-electron chi connectivity index (χ2n) is 7.68. The Bertz CT molecular complexity index is 1550. The zero-order chi connectivity index (χ0) is 20.8. The van der Waals surface area contributed by atoms with Crippen LogP contribution >= 0.6 is 0 Å². The van der Waals surface area contributed by atoms with E-state index in [0.717, 1.165) is 39.0 Å².